The number of rotatable bonds is 5. The standard InChI is InChI=1S/C22H17F5N4O2S/c1-3-21-8-16(21)20(2,31-19(28)34-21)13-6-11(7-14(23)17(13)24)30-18(32)15-5-4-12(9-29-15)33-10-22(25,26)27/h1,4-7,9,16H,8,10H2,2H3,(H2,28,31)(H,30,32)/t16-,20+,21-/m0/s1. The van der Waals surface area contributed by atoms with Crippen LogP contribution in [-0.2, 0) is 5.54 Å². The van der Waals surface area contributed by atoms with E-state index in [0.717, 1.165) is 24.4 Å². The highest BCUT2D eigenvalue weighted by Crippen LogP contribution is 2.65. The van der Waals surface area contributed by atoms with Gasteiger partial charge in [0.1, 0.15) is 11.4 Å². The predicted molar refractivity (Wildman–Crippen MR) is 116 cm³/mol. The fraction of sp³-hybridized carbons (Fsp3) is 0.318. The van der Waals surface area contributed by atoms with E-state index in [0.29, 0.717) is 6.42 Å². The normalized spacial score (nSPS) is 25.6. The molecule has 178 valence electrons. The largest absolute Gasteiger partial charge is 0.483 e. The predicted octanol–water partition coefficient (Wildman–Crippen LogP) is 4.22. The van der Waals surface area contributed by atoms with Crippen LogP contribution in [0.25, 0.3) is 0 Å². The number of ether oxygens (including phenoxy) is 1. The molecule has 4 rings (SSSR count). The first-order valence-electron chi connectivity index (χ1n) is 9.85. The van der Waals surface area contributed by atoms with Gasteiger partial charge in [-0.25, -0.2) is 13.8 Å². The second-order valence-corrected chi connectivity index (χ2v) is 9.40. The molecule has 2 aromatic rings. The Hall–Kier alpha value is -3.33. The number of carbonyl (C=O) groups excluding carboxylic acids is 1. The zero-order chi connectivity index (χ0) is 24.9. The number of terminal acetylenes is 1. The van der Waals surface area contributed by atoms with Gasteiger partial charge in [-0.3, -0.25) is 9.79 Å². The molecule has 0 bridgehead atoms. The summed E-state index contributed by atoms with van der Waals surface area (Å²) in [7, 11) is 0. The van der Waals surface area contributed by atoms with Gasteiger partial charge in [-0.1, -0.05) is 17.7 Å². The van der Waals surface area contributed by atoms with Crippen LogP contribution in [0.1, 0.15) is 29.4 Å². The summed E-state index contributed by atoms with van der Waals surface area (Å²) in [5.74, 6) is -0.946. The number of benzene rings is 1. The number of pyridine rings is 1. The van der Waals surface area contributed by atoms with Crippen molar-refractivity contribution in [3.05, 3.63) is 53.4 Å². The fourth-order valence-electron chi connectivity index (χ4n) is 3.95. The highest BCUT2D eigenvalue weighted by Gasteiger charge is 2.66. The molecule has 3 N–H and O–H groups in total. The number of anilines is 1. The van der Waals surface area contributed by atoms with E-state index in [1.165, 1.54) is 17.8 Å². The van der Waals surface area contributed by atoms with Crippen molar-refractivity contribution in [2.45, 2.75) is 29.8 Å². The quantitative estimate of drug-likeness (QED) is 0.478. The molecule has 3 atom stereocenters. The summed E-state index contributed by atoms with van der Waals surface area (Å²) in [6, 6.07) is 4.32. The van der Waals surface area contributed by atoms with E-state index in [1.54, 1.807) is 6.92 Å². The average Bonchev–Trinajstić information content (AvgIpc) is 3.50. The van der Waals surface area contributed by atoms with E-state index in [2.05, 4.69) is 26.0 Å². The first kappa shape index (κ1) is 23.8. The minimum atomic E-state index is -4.52. The van der Waals surface area contributed by atoms with Gasteiger partial charge in [0.2, 0.25) is 0 Å². The van der Waals surface area contributed by atoms with E-state index >= 15 is 0 Å². The van der Waals surface area contributed by atoms with Crippen LogP contribution in [0.5, 0.6) is 5.75 Å². The van der Waals surface area contributed by atoms with Crippen molar-refractivity contribution < 1.29 is 31.5 Å². The number of nitrogens with zero attached hydrogens (tertiary/aromatic N) is 2. The molecule has 6 nitrogen and oxygen atoms in total. The van der Waals surface area contributed by atoms with Gasteiger partial charge >= 0.3 is 6.18 Å². The van der Waals surface area contributed by atoms with E-state index < -0.39 is 40.6 Å². The SMILES string of the molecule is C#C[C@]12C[C@H]1[C@@](C)(c1cc(NC(=O)c3ccc(OCC(F)(F)F)cn3)cc(F)c1F)N=C(N)S2. The van der Waals surface area contributed by atoms with Crippen LogP contribution in [0, 0.1) is 29.9 Å². The third-order valence-corrected chi connectivity index (χ3v) is 6.90. The second-order valence-electron chi connectivity index (χ2n) is 8.05. The number of hydrogen-bond acceptors (Lipinski definition) is 6. The maximum absolute atomic E-state index is 14.9. The summed E-state index contributed by atoms with van der Waals surface area (Å²) in [5.41, 5.74) is 4.31. The van der Waals surface area contributed by atoms with Crippen molar-refractivity contribution in [1.29, 1.82) is 0 Å². The number of carbonyl (C=O) groups is 1. The molecular weight excluding hydrogens is 479 g/mol. The Bertz CT molecular complexity index is 1230. The molecule has 2 heterocycles. The molecule has 1 saturated carbocycles. The van der Waals surface area contributed by atoms with Crippen molar-refractivity contribution >= 4 is 28.5 Å². The minimum absolute atomic E-state index is 0.0710. The van der Waals surface area contributed by atoms with Crippen LogP contribution in [0.2, 0.25) is 0 Å². The molecule has 1 fully saturated rings. The Balaban J connectivity index is 1.57. The third-order valence-electron chi connectivity index (χ3n) is 5.66. The molecule has 12 heteroatoms. The Labute approximate surface area is 195 Å². The lowest BCUT2D eigenvalue weighted by Gasteiger charge is -2.32. The number of halogens is 5. The molecule has 1 aromatic heterocycles. The number of amidine groups is 1. The number of nitrogens with two attached hydrogens (primary N) is 1. The van der Waals surface area contributed by atoms with Crippen LogP contribution in [-0.4, -0.2) is 33.6 Å². The van der Waals surface area contributed by atoms with Gasteiger partial charge in [0.05, 0.1) is 16.5 Å². The van der Waals surface area contributed by atoms with Gasteiger partial charge in [0, 0.05) is 23.2 Å². The summed E-state index contributed by atoms with van der Waals surface area (Å²) in [6.07, 6.45) is 2.58. The zero-order valence-electron chi connectivity index (χ0n) is 17.5. The summed E-state index contributed by atoms with van der Waals surface area (Å²) >= 11 is 1.21. The highest BCUT2D eigenvalue weighted by atomic mass is 32.2. The summed E-state index contributed by atoms with van der Waals surface area (Å²) < 4.78 is 70.0. The molecule has 0 saturated heterocycles. The molecule has 34 heavy (non-hydrogen) atoms. The maximum Gasteiger partial charge on any atom is 0.422 e. The van der Waals surface area contributed by atoms with E-state index in [1.807, 2.05) is 0 Å². The molecular formula is C22H17F5N4O2S. The lowest BCUT2D eigenvalue weighted by atomic mass is 9.85. The number of aromatic nitrogens is 1. The summed E-state index contributed by atoms with van der Waals surface area (Å²) in [4.78, 5) is 20.7. The van der Waals surface area contributed by atoms with Crippen LogP contribution in [0.3, 0.4) is 0 Å². The van der Waals surface area contributed by atoms with Crippen LogP contribution in [0.15, 0.2) is 35.5 Å². The van der Waals surface area contributed by atoms with E-state index in [-0.39, 0.29) is 33.8 Å². The first-order valence-corrected chi connectivity index (χ1v) is 10.7. The number of amides is 1. The lowest BCUT2D eigenvalue weighted by Crippen LogP contribution is -2.35. The Kier molecular flexibility index (Phi) is 5.72. The monoisotopic (exact) mass is 496 g/mol. The van der Waals surface area contributed by atoms with Crippen LogP contribution >= 0.6 is 11.8 Å². The van der Waals surface area contributed by atoms with Crippen LogP contribution in [0.4, 0.5) is 27.6 Å². The Morgan fingerprint density at radius 1 is 1.38 bits per heavy atom. The van der Waals surface area contributed by atoms with Crippen LogP contribution < -0.4 is 15.8 Å². The second kappa shape index (κ2) is 8.16. The van der Waals surface area contributed by atoms with E-state index in [4.69, 9.17) is 12.2 Å². The van der Waals surface area contributed by atoms with Crippen molar-refractivity contribution in [3.63, 3.8) is 0 Å². The molecule has 1 amide bonds. The third kappa shape index (κ3) is 4.40. The van der Waals surface area contributed by atoms with Gasteiger partial charge in [-0.05, 0) is 31.5 Å². The Morgan fingerprint density at radius 3 is 2.74 bits per heavy atom. The summed E-state index contributed by atoms with van der Waals surface area (Å²) in [5, 5.41) is 2.56. The lowest BCUT2D eigenvalue weighted by molar-refractivity contribution is -0.153. The average molecular weight is 496 g/mol. The molecule has 0 radical (unpaired) electrons. The van der Waals surface area contributed by atoms with Gasteiger partial charge in [0.15, 0.2) is 23.4 Å². The molecule has 1 aromatic carbocycles. The number of thioether (sulfide) groups is 1. The highest BCUT2D eigenvalue weighted by molar-refractivity contribution is 8.15. The molecule has 0 unspecified atom stereocenters. The van der Waals surface area contributed by atoms with Crippen molar-refractivity contribution in [3.8, 4) is 18.1 Å². The maximum atomic E-state index is 14.9. The smallest absolute Gasteiger partial charge is 0.422 e. The van der Waals surface area contributed by atoms with Crippen molar-refractivity contribution in [1.82, 2.24) is 4.98 Å². The molecule has 2 aliphatic rings. The van der Waals surface area contributed by atoms with Crippen molar-refractivity contribution in [2.24, 2.45) is 16.6 Å². The molecule has 1 aliphatic carbocycles. The Morgan fingerprint density at radius 2 is 2.12 bits per heavy atom. The fourth-order valence-corrected chi connectivity index (χ4v) is 5.24. The summed E-state index contributed by atoms with van der Waals surface area (Å²) in [6.45, 7) is 0.0953. The molecule has 0 spiro atoms. The van der Waals surface area contributed by atoms with Gasteiger partial charge in [0.25, 0.3) is 5.91 Å². The van der Waals surface area contributed by atoms with Gasteiger partial charge in [-0.2, -0.15) is 13.2 Å². The number of nitrogens with one attached hydrogen (secondary N) is 1. The number of aliphatic imine (C=N–C) groups is 1. The zero-order valence-corrected chi connectivity index (χ0v) is 18.4. The van der Waals surface area contributed by atoms with Gasteiger partial charge < -0.3 is 15.8 Å². The topological polar surface area (TPSA) is 89.6 Å². The number of fused-ring (bicyclic) bond motifs is 1. The minimum Gasteiger partial charge on any atom is -0.483 e. The first-order chi connectivity index (χ1) is 15.9. The molecule has 1 aliphatic heterocycles. The number of alkyl halides is 3. The van der Waals surface area contributed by atoms with E-state index in [9.17, 15) is 26.7 Å². The van der Waals surface area contributed by atoms with Crippen molar-refractivity contribution in [2.75, 3.05) is 11.9 Å². The van der Waals surface area contributed by atoms with Gasteiger partial charge in [-0.15, -0.1) is 6.42 Å². The number of hydrogen-bond donors (Lipinski definition) is 2.